The van der Waals surface area contributed by atoms with E-state index in [0.717, 1.165) is 16.8 Å². The normalized spacial score (nSPS) is 10.7. The van der Waals surface area contributed by atoms with Gasteiger partial charge in [0.2, 0.25) is 5.91 Å². The molecule has 3 aromatic rings. The molecule has 0 aliphatic heterocycles. The molecule has 0 spiro atoms. The number of nitrogens with zero attached hydrogens (tertiary/aromatic N) is 2. The molecule has 1 N–H and O–H groups in total. The molecule has 0 saturated carbocycles. The van der Waals surface area contributed by atoms with E-state index in [0.29, 0.717) is 20.8 Å². The summed E-state index contributed by atoms with van der Waals surface area (Å²) in [6.07, 6.45) is 0. The van der Waals surface area contributed by atoms with Gasteiger partial charge in [-0.15, -0.1) is 10.2 Å². The van der Waals surface area contributed by atoms with Crippen molar-refractivity contribution < 1.29 is 4.79 Å². The maximum atomic E-state index is 12.1. The number of nitrogens with one attached hydrogen (secondary N) is 1. The molecule has 0 aliphatic carbocycles. The van der Waals surface area contributed by atoms with E-state index in [1.807, 2.05) is 18.2 Å². The van der Waals surface area contributed by atoms with Gasteiger partial charge in [0.25, 0.3) is 0 Å². The lowest BCUT2D eigenvalue weighted by molar-refractivity contribution is -0.113. The molecule has 0 atom stereocenters. The highest BCUT2D eigenvalue weighted by atomic mass is 35.5. The predicted octanol–water partition coefficient (Wildman–Crippen LogP) is 5.80. The second kappa shape index (κ2) is 8.74. The molecule has 2 aromatic carbocycles. The third-order valence-electron chi connectivity index (χ3n) is 3.87. The summed E-state index contributed by atoms with van der Waals surface area (Å²) >= 11 is 13.3. The van der Waals surface area contributed by atoms with Crippen molar-refractivity contribution in [3.8, 4) is 11.3 Å². The van der Waals surface area contributed by atoms with Gasteiger partial charge in [0.15, 0.2) is 0 Å². The number of amides is 1. The first kappa shape index (κ1) is 19.7. The number of carbonyl (C=O) groups is 1. The van der Waals surface area contributed by atoms with E-state index in [2.05, 4.69) is 41.5 Å². The number of hydrogen-bond acceptors (Lipinski definition) is 4. The molecule has 1 aromatic heterocycles. The van der Waals surface area contributed by atoms with Crippen LogP contribution in [0, 0.1) is 13.8 Å². The molecule has 3 rings (SSSR count). The lowest BCUT2D eigenvalue weighted by Crippen LogP contribution is -2.14. The van der Waals surface area contributed by atoms with Gasteiger partial charge in [0.05, 0.1) is 27.2 Å². The quantitative estimate of drug-likeness (QED) is 0.533. The first-order chi connectivity index (χ1) is 12.9. The Morgan fingerprint density at radius 1 is 1.07 bits per heavy atom. The number of anilines is 1. The van der Waals surface area contributed by atoms with E-state index in [1.54, 1.807) is 18.2 Å². The van der Waals surface area contributed by atoms with Gasteiger partial charge in [0, 0.05) is 5.56 Å². The van der Waals surface area contributed by atoms with E-state index in [9.17, 15) is 4.79 Å². The molecule has 0 fully saturated rings. The molecule has 0 radical (unpaired) electrons. The van der Waals surface area contributed by atoms with Crippen molar-refractivity contribution in [3.63, 3.8) is 0 Å². The van der Waals surface area contributed by atoms with Gasteiger partial charge >= 0.3 is 0 Å². The number of aromatic nitrogens is 2. The summed E-state index contributed by atoms with van der Waals surface area (Å²) < 4.78 is 0. The van der Waals surface area contributed by atoms with Gasteiger partial charge in [-0.3, -0.25) is 4.79 Å². The molecule has 0 aliphatic rings. The van der Waals surface area contributed by atoms with Crippen LogP contribution in [0.3, 0.4) is 0 Å². The zero-order chi connectivity index (χ0) is 19.4. The van der Waals surface area contributed by atoms with E-state index in [1.165, 1.54) is 17.3 Å². The maximum Gasteiger partial charge on any atom is 0.234 e. The number of carbonyl (C=O) groups excluding carboxylic acids is 1. The van der Waals surface area contributed by atoms with Crippen molar-refractivity contribution in [2.24, 2.45) is 0 Å². The van der Waals surface area contributed by atoms with Gasteiger partial charge < -0.3 is 5.32 Å². The third-order valence-corrected chi connectivity index (χ3v) is 5.61. The van der Waals surface area contributed by atoms with Crippen LogP contribution in [0.5, 0.6) is 0 Å². The molecule has 0 bridgehead atoms. The van der Waals surface area contributed by atoms with Crippen molar-refractivity contribution in [2.45, 2.75) is 18.9 Å². The molecular formula is C20H17Cl2N3OS. The summed E-state index contributed by atoms with van der Waals surface area (Å²) in [6.45, 7) is 4.11. The van der Waals surface area contributed by atoms with E-state index < -0.39 is 0 Å². The standard InChI is InChI=1S/C20H17Cl2N3OS/c1-12-6-7-14(13(2)10-12)16-8-9-19(25-24-16)27-11-18(26)23-17-5-3-4-15(21)20(17)22/h3-10H,11H2,1-2H3,(H,23,26). The first-order valence-corrected chi connectivity index (χ1v) is 9.96. The SMILES string of the molecule is Cc1ccc(-c2ccc(SCC(=O)Nc3cccc(Cl)c3Cl)nn2)c(C)c1. The number of benzene rings is 2. The van der Waals surface area contributed by atoms with Gasteiger partial charge in [-0.25, -0.2) is 0 Å². The molecule has 138 valence electrons. The van der Waals surface area contributed by atoms with Crippen LogP contribution in [0.1, 0.15) is 11.1 Å². The minimum absolute atomic E-state index is 0.190. The van der Waals surface area contributed by atoms with Gasteiger partial charge in [-0.05, 0) is 43.7 Å². The fourth-order valence-electron chi connectivity index (χ4n) is 2.57. The van der Waals surface area contributed by atoms with Crippen LogP contribution < -0.4 is 5.32 Å². The number of thioether (sulfide) groups is 1. The highest BCUT2D eigenvalue weighted by Gasteiger charge is 2.10. The van der Waals surface area contributed by atoms with Crippen molar-refractivity contribution in [3.05, 3.63) is 69.7 Å². The molecule has 0 unspecified atom stereocenters. The molecule has 1 heterocycles. The van der Waals surface area contributed by atoms with Gasteiger partial charge in [0.1, 0.15) is 5.03 Å². The molecule has 1 amide bonds. The van der Waals surface area contributed by atoms with Crippen LogP contribution in [0.4, 0.5) is 5.69 Å². The fraction of sp³-hybridized carbons (Fsp3) is 0.150. The smallest absolute Gasteiger partial charge is 0.234 e. The van der Waals surface area contributed by atoms with E-state index in [4.69, 9.17) is 23.2 Å². The van der Waals surface area contributed by atoms with Crippen molar-refractivity contribution >= 4 is 46.6 Å². The average Bonchev–Trinajstić information content (AvgIpc) is 2.64. The summed E-state index contributed by atoms with van der Waals surface area (Å²) in [7, 11) is 0. The zero-order valence-corrected chi connectivity index (χ0v) is 17.1. The highest BCUT2D eigenvalue weighted by Crippen LogP contribution is 2.30. The Labute approximate surface area is 172 Å². The first-order valence-electron chi connectivity index (χ1n) is 8.22. The summed E-state index contributed by atoms with van der Waals surface area (Å²) in [5.74, 6) is 0.00452. The van der Waals surface area contributed by atoms with E-state index in [-0.39, 0.29) is 11.7 Å². The summed E-state index contributed by atoms with van der Waals surface area (Å²) in [5.41, 5.74) is 4.72. The predicted molar refractivity (Wildman–Crippen MR) is 113 cm³/mol. The number of aryl methyl sites for hydroxylation is 2. The van der Waals surface area contributed by atoms with E-state index >= 15 is 0 Å². The maximum absolute atomic E-state index is 12.1. The Kier molecular flexibility index (Phi) is 6.37. The topological polar surface area (TPSA) is 54.9 Å². The Balaban J connectivity index is 1.61. The summed E-state index contributed by atoms with van der Waals surface area (Å²) in [6, 6.07) is 15.1. The van der Waals surface area contributed by atoms with Crippen LogP contribution in [-0.2, 0) is 4.79 Å². The lowest BCUT2D eigenvalue weighted by Gasteiger charge is -2.08. The Morgan fingerprint density at radius 2 is 1.89 bits per heavy atom. The Morgan fingerprint density at radius 3 is 2.59 bits per heavy atom. The summed E-state index contributed by atoms with van der Waals surface area (Å²) in [5, 5.41) is 12.7. The van der Waals surface area contributed by atoms with Gasteiger partial charge in [-0.1, -0.05) is 64.8 Å². The zero-order valence-electron chi connectivity index (χ0n) is 14.8. The second-order valence-corrected chi connectivity index (χ2v) is 7.79. The Hall–Kier alpha value is -2.08. The monoisotopic (exact) mass is 417 g/mol. The highest BCUT2D eigenvalue weighted by molar-refractivity contribution is 7.99. The number of hydrogen-bond donors (Lipinski definition) is 1. The molecule has 4 nitrogen and oxygen atoms in total. The largest absolute Gasteiger partial charge is 0.324 e. The molecule has 27 heavy (non-hydrogen) atoms. The third kappa shape index (κ3) is 5.01. The molecular weight excluding hydrogens is 401 g/mol. The number of rotatable bonds is 5. The van der Waals surface area contributed by atoms with Crippen LogP contribution in [0.15, 0.2) is 53.6 Å². The van der Waals surface area contributed by atoms with Crippen LogP contribution >= 0.6 is 35.0 Å². The second-order valence-electron chi connectivity index (χ2n) is 6.01. The van der Waals surface area contributed by atoms with Crippen molar-refractivity contribution in [2.75, 3.05) is 11.1 Å². The van der Waals surface area contributed by atoms with Crippen LogP contribution in [0.25, 0.3) is 11.3 Å². The summed E-state index contributed by atoms with van der Waals surface area (Å²) in [4.78, 5) is 12.1. The minimum atomic E-state index is -0.190. The Bertz CT molecular complexity index is 977. The van der Waals surface area contributed by atoms with Crippen LogP contribution in [-0.4, -0.2) is 21.9 Å². The minimum Gasteiger partial charge on any atom is -0.324 e. The average molecular weight is 418 g/mol. The van der Waals surface area contributed by atoms with Crippen molar-refractivity contribution in [1.29, 1.82) is 0 Å². The number of halogens is 2. The molecule has 7 heteroatoms. The van der Waals surface area contributed by atoms with Gasteiger partial charge in [-0.2, -0.15) is 0 Å². The van der Waals surface area contributed by atoms with Crippen molar-refractivity contribution in [1.82, 2.24) is 10.2 Å². The fourth-order valence-corrected chi connectivity index (χ4v) is 3.53. The lowest BCUT2D eigenvalue weighted by atomic mass is 10.0. The molecule has 0 saturated heterocycles. The van der Waals surface area contributed by atoms with Crippen LogP contribution in [0.2, 0.25) is 10.0 Å².